The molecular weight excluding hydrogens is 228 g/mol. The van der Waals surface area contributed by atoms with Crippen LogP contribution in [0, 0.1) is 6.92 Å². The van der Waals surface area contributed by atoms with E-state index in [-0.39, 0.29) is 5.91 Å². The molecule has 18 heavy (non-hydrogen) atoms. The van der Waals surface area contributed by atoms with Gasteiger partial charge >= 0.3 is 0 Å². The van der Waals surface area contributed by atoms with Gasteiger partial charge in [-0.05, 0) is 50.1 Å². The van der Waals surface area contributed by atoms with Crippen LogP contribution in [0.4, 0.5) is 5.69 Å². The second-order valence-electron chi connectivity index (χ2n) is 4.33. The normalized spacial score (nSPS) is 10.2. The van der Waals surface area contributed by atoms with Gasteiger partial charge in [-0.2, -0.15) is 0 Å². The smallest absolute Gasteiger partial charge is 0.224 e. The summed E-state index contributed by atoms with van der Waals surface area (Å²) in [4.78, 5) is 11.7. The lowest BCUT2D eigenvalue weighted by molar-refractivity contribution is -0.116. The van der Waals surface area contributed by atoms with E-state index < -0.39 is 0 Å². The van der Waals surface area contributed by atoms with E-state index in [2.05, 4.69) is 5.32 Å². The highest BCUT2D eigenvalue weighted by molar-refractivity contribution is 5.90. The number of carbonyl (C=O) groups excluding carboxylic acids is 1. The van der Waals surface area contributed by atoms with Crippen molar-refractivity contribution in [1.82, 2.24) is 0 Å². The zero-order valence-corrected chi connectivity index (χ0v) is 11.2. The Hall–Kier alpha value is -1.55. The van der Waals surface area contributed by atoms with Gasteiger partial charge in [0.25, 0.3) is 0 Å². The molecule has 3 N–H and O–H groups in total. The molecule has 1 aromatic carbocycles. The molecule has 0 aliphatic rings. The number of carbonyl (C=O) groups is 1. The standard InChI is InChI=1S/C14H22N2O2/c1-11-10-12(7-8-13(11)18-2)16-14(17)6-4-3-5-9-15/h7-8,10H,3-6,9,15H2,1-2H3,(H,16,17). The second kappa shape index (κ2) is 7.71. The lowest BCUT2D eigenvalue weighted by Crippen LogP contribution is -2.11. The minimum absolute atomic E-state index is 0.0524. The molecule has 4 nitrogen and oxygen atoms in total. The molecule has 0 saturated heterocycles. The summed E-state index contributed by atoms with van der Waals surface area (Å²) < 4.78 is 5.17. The maximum atomic E-state index is 11.7. The highest BCUT2D eigenvalue weighted by atomic mass is 16.5. The monoisotopic (exact) mass is 250 g/mol. The van der Waals surface area contributed by atoms with E-state index in [4.69, 9.17) is 10.5 Å². The Bertz CT molecular complexity index is 391. The minimum atomic E-state index is 0.0524. The Labute approximate surface area is 109 Å². The second-order valence-corrected chi connectivity index (χ2v) is 4.33. The molecule has 0 aliphatic heterocycles. The topological polar surface area (TPSA) is 64.3 Å². The van der Waals surface area contributed by atoms with Crippen LogP contribution >= 0.6 is 0 Å². The predicted molar refractivity (Wildman–Crippen MR) is 73.9 cm³/mol. The van der Waals surface area contributed by atoms with Crippen LogP contribution in [0.2, 0.25) is 0 Å². The van der Waals surface area contributed by atoms with Gasteiger partial charge < -0.3 is 15.8 Å². The molecule has 0 saturated carbocycles. The van der Waals surface area contributed by atoms with Gasteiger partial charge in [0.1, 0.15) is 5.75 Å². The molecule has 0 aliphatic carbocycles. The van der Waals surface area contributed by atoms with Crippen molar-refractivity contribution in [3.8, 4) is 5.75 Å². The predicted octanol–water partition coefficient (Wildman–Crippen LogP) is 2.46. The van der Waals surface area contributed by atoms with Crippen molar-refractivity contribution in [2.75, 3.05) is 19.0 Å². The fraction of sp³-hybridized carbons (Fsp3) is 0.500. The van der Waals surface area contributed by atoms with Crippen LogP contribution < -0.4 is 15.8 Å². The molecular formula is C14H22N2O2. The lowest BCUT2D eigenvalue weighted by Gasteiger charge is -2.09. The third-order valence-electron chi connectivity index (χ3n) is 2.79. The van der Waals surface area contributed by atoms with Gasteiger partial charge in [0.2, 0.25) is 5.91 Å². The van der Waals surface area contributed by atoms with Crippen molar-refractivity contribution in [2.45, 2.75) is 32.6 Å². The third kappa shape index (κ3) is 4.75. The molecule has 100 valence electrons. The summed E-state index contributed by atoms with van der Waals surface area (Å²) in [6.07, 6.45) is 3.42. The summed E-state index contributed by atoms with van der Waals surface area (Å²) in [5.74, 6) is 0.882. The Morgan fingerprint density at radius 1 is 1.33 bits per heavy atom. The maximum absolute atomic E-state index is 11.7. The summed E-state index contributed by atoms with van der Waals surface area (Å²) in [6.45, 7) is 2.65. The summed E-state index contributed by atoms with van der Waals surface area (Å²) in [5, 5.41) is 2.89. The molecule has 0 radical (unpaired) electrons. The van der Waals surface area contributed by atoms with E-state index in [1.165, 1.54) is 0 Å². The first-order valence-corrected chi connectivity index (χ1v) is 6.32. The highest BCUT2D eigenvalue weighted by Gasteiger charge is 2.04. The van der Waals surface area contributed by atoms with Crippen LogP contribution in [0.15, 0.2) is 18.2 Å². The fourth-order valence-corrected chi connectivity index (χ4v) is 1.79. The van der Waals surface area contributed by atoms with E-state index in [1.54, 1.807) is 7.11 Å². The van der Waals surface area contributed by atoms with Gasteiger partial charge in [-0.15, -0.1) is 0 Å². The Kier molecular flexibility index (Phi) is 6.22. The first-order chi connectivity index (χ1) is 8.67. The number of aryl methyl sites for hydroxylation is 1. The van der Waals surface area contributed by atoms with Crippen LogP contribution in [-0.4, -0.2) is 19.6 Å². The van der Waals surface area contributed by atoms with Crippen molar-refractivity contribution in [1.29, 1.82) is 0 Å². The number of hydrogen-bond donors (Lipinski definition) is 2. The zero-order valence-electron chi connectivity index (χ0n) is 11.2. The number of hydrogen-bond acceptors (Lipinski definition) is 3. The molecule has 0 fully saturated rings. The van der Waals surface area contributed by atoms with E-state index in [0.717, 1.165) is 36.3 Å². The average Bonchev–Trinajstić information content (AvgIpc) is 2.35. The van der Waals surface area contributed by atoms with Crippen molar-refractivity contribution in [3.63, 3.8) is 0 Å². The fourth-order valence-electron chi connectivity index (χ4n) is 1.79. The molecule has 1 rings (SSSR count). The Morgan fingerprint density at radius 2 is 2.11 bits per heavy atom. The number of anilines is 1. The summed E-state index contributed by atoms with van der Waals surface area (Å²) in [6, 6.07) is 5.62. The number of nitrogens with one attached hydrogen (secondary N) is 1. The molecule has 0 spiro atoms. The van der Waals surface area contributed by atoms with Gasteiger partial charge in [-0.3, -0.25) is 4.79 Å². The van der Waals surface area contributed by atoms with E-state index >= 15 is 0 Å². The number of unbranched alkanes of at least 4 members (excludes halogenated alkanes) is 2. The van der Waals surface area contributed by atoms with Crippen LogP contribution in [-0.2, 0) is 4.79 Å². The molecule has 1 amide bonds. The zero-order chi connectivity index (χ0) is 13.4. The first kappa shape index (κ1) is 14.5. The average molecular weight is 250 g/mol. The number of amides is 1. The molecule has 1 aromatic rings. The van der Waals surface area contributed by atoms with Crippen LogP contribution in [0.1, 0.15) is 31.2 Å². The highest BCUT2D eigenvalue weighted by Crippen LogP contribution is 2.21. The largest absolute Gasteiger partial charge is 0.496 e. The lowest BCUT2D eigenvalue weighted by atomic mass is 10.1. The number of benzene rings is 1. The summed E-state index contributed by atoms with van der Waals surface area (Å²) in [5.41, 5.74) is 7.23. The molecule has 0 aromatic heterocycles. The maximum Gasteiger partial charge on any atom is 0.224 e. The van der Waals surface area contributed by atoms with Gasteiger partial charge in [0.15, 0.2) is 0 Å². The van der Waals surface area contributed by atoms with Crippen molar-refractivity contribution in [3.05, 3.63) is 23.8 Å². The van der Waals surface area contributed by atoms with Crippen LogP contribution in [0.5, 0.6) is 5.75 Å². The summed E-state index contributed by atoms with van der Waals surface area (Å²) >= 11 is 0. The van der Waals surface area contributed by atoms with Crippen LogP contribution in [0.25, 0.3) is 0 Å². The quantitative estimate of drug-likeness (QED) is 0.731. The first-order valence-electron chi connectivity index (χ1n) is 6.32. The third-order valence-corrected chi connectivity index (χ3v) is 2.79. The molecule has 0 bridgehead atoms. The van der Waals surface area contributed by atoms with E-state index in [0.29, 0.717) is 13.0 Å². The van der Waals surface area contributed by atoms with Crippen LogP contribution in [0.3, 0.4) is 0 Å². The van der Waals surface area contributed by atoms with E-state index in [1.807, 2.05) is 25.1 Å². The van der Waals surface area contributed by atoms with Crippen molar-refractivity contribution >= 4 is 11.6 Å². The van der Waals surface area contributed by atoms with E-state index in [9.17, 15) is 4.79 Å². The Balaban J connectivity index is 2.42. The molecule has 0 heterocycles. The molecule has 0 atom stereocenters. The number of methoxy groups -OCH3 is 1. The minimum Gasteiger partial charge on any atom is -0.496 e. The van der Waals surface area contributed by atoms with Gasteiger partial charge in [0, 0.05) is 12.1 Å². The SMILES string of the molecule is COc1ccc(NC(=O)CCCCCN)cc1C. The van der Waals surface area contributed by atoms with Gasteiger partial charge in [-0.1, -0.05) is 6.42 Å². The van der Waals surface area contributed by atoms with Crippen molar-refractivity contribution < 1.29 is 9.53 Å². The number of rotatable bonds is 7. The van der Waals surface area contributed by atoms with Crippen molar-refractivity contribution in [2.24, 2.45) is 5.73 Å². The molecule has 0 unspecified atom stereocenters. The summed E-state index contributed by atoms with van der Waals surface area (Å²) in [7, 11) is 1.64. The number of ether oxygens (including phenoxy) is 1. The molecule has 4 heteroatoms. The van der Waals surface area contributed by atoms with Gasteiger partial charge in [-0.25, -0.2) is 0 Å². The number of nitrogens with two attached hydrogens (primary N) is 1. The van der Waals surface area contributed by atoms with Gasteiger partial charge in [0.05, 0.1) is 7.11 Å². The Morgan fingerprint density at radius 3 is 2.72 bits per heavy atom.